The molecule has 106 valence electrons. The van der Waals surface area contributed by atoms with Gasteiger partial charge in [-0.2, -0.15) is 0 Å². The SMILES string of the molecule is Cc1cccc(-n2c(C)cc3c2CC(C)(C)CC3O)n1. The summed E-state index contributed by atoms with van der Waals surface area (Å²) in [7, 11) is 0. The van der Waals surface area contributed by atoms with E-state index in [2.05, 4.69) is 36.4 Å². The largest absolute Gasteiger partial charge is 0.388 e. The summed E-state index contributed by atoms with van der Waals surface area (Å²) in [4.78, 5) is 4.64. The van der Waals surface area contributed by atoms with Gasteiger partial charge in [-0.25, -0.2) is 4.98 Å². The number of aryl methyl sites for hydroxylation is 2. The second kappa shape index (κ2) is 4.45. The van der Waals surface area contributed by atoms with Gasteiger partial charge >= 0.3 is 0 Å². The number of pyridine rings is 1. The van der Waals surface area contributed by atoms with Crippen LogP contribution in [0, 0.1) is 19.3 Å². The van der Waals surface area contributed by atoms with E-state index in [1.54, 1.807) is 0 Å². The molecule has 1 aliphatic rings. The normalized spacial score (nSPS) is 20.8. The number of fused-ring (bicyclic) bond motifs is 1. The molecular weight excluding hydrogens is 248 g/mol. The van der Waals surface area contributed by atoms with E-state index in [1.807, 2.05) is 25.1 Å². The molecule has 1 aliphatic carbocycles. The average molecular weight is 270 g/mol. The highest BCUT2D eigenvalue weighted by Gasteiger charge is 2.34. The van der Waals surface area contributed by atoms with Gasteiger partial charge in [-0.15, -0.1) is 0 Å². The van der Waals surface area contributed by atoms with Gasteiger partial charge in [-0.05, 0) is 50.3 Å². The molecule has 3 heteroatoms. The third kappa shape index (κ3) is 2.16. The van der Waals surface area contributed by atoms with Crippen molar-refractivity contribution in [3.8, 4) is 5.82 Å². The quantitative estimate of drug-likeness (QED) is 0.861. The number of hydrogen-bond acceptors (Lipinski definition) is 2. The first-order valence-corrected chi connectivity index (χ1v) is 7.21. The lowest BCUT2D eigenvalue weighted by Crippen LogP contribution is -2.26. The molecule has 3 rings (SSSR count). The second-order valence-corrected chi connectivity index (χ2v) is 6.72. The molecule has 0 aliphatic heterocycles. The van der Waals surface area contributed by atoms with E-state index in [1.165, 1.54) is 5.69 Å². The molecular formula is C17H22N2O. The third-order valence-electron chi connectivity index (χ3n) is 4.17. The fourth-order valence-electron chi connectivity index (χ4n) is 3.32. The Morgan fingerprint density at radius 2 is 2.05 bits per heavy atom. The Kier molecular flexibility index (Phi) is 2.98. The summed E-state index contributed by atoms with van der Waals surface area (Å²) in [5, 5.41) is 10.4. The monoisotopic (exact) mass is 270 g/mol. The predicted octanol–water partition coefficient (Wildman–Crippen LogP) is 3.49. The van der Waals surface area contributed by atoms with Crippen molar-refractivity contribution in [2.24, 2.45) is 5.41 Å². The summed E-state index contributed by atoms with van der Waals surface area (Å²) in [5.74, 6) is 0.952. The van der Waals surface area contributed by atoms with Crippen LogP contribution in [0.4, 0.5) is 0 Å². The third-order valence-corrected chi connectivity index (χ3v) is 4.17. The second-order valence-electron chi connectivity index (χ2n) is 6.72. The van der Waals surface area contributed by atoms with Crippen LogP contribution in [0.3, 0.4) is 0 Å². The zero-order chi connectivity index (χ0) is 14.5. The van der Waals surface area contributed by atoms with E-state index in [4.69, 9.17) is 0 Å². The van der Waals surface area contributed by atoms with Crippen molar-refractivity contribution in [1.29, 1.82) is 0 Å². The Labute approximate surface area is 120 Å². The molecule has 0 fully saturated rings. The van der Waals surface area contributed by atoms with Crippen LogP contribution < -0.4 is 0 Å². The standard InChI is InChI=1S/C17H22N2O/c1-11-6-5-7-16(18-11)19-12(2)8-13-14(19)9-17(3,4)10-15(13)20/h5-8,15,20H,9-10H2,1-4H3. The molecule has 2 heterocycles. The van der Waals surface area contributed by atoms with Crippen molar-refractivity contribution in [3.05, 3.63) is 46.9 Å². The molecule has 1 atom stereocenters. The molecule has 0 saturated carbocycles. The van der Waals surface area contributed by atoms with Gasteiger partial charge in [0, 0.05) is 22.6 Å². The summed E-state index contributed by atoms with van der Waals surface area (Å²) in [6.45, 7) is 8.53. The van der Waals surface area contributed by atoms with Crippen molar-refractivity contribution in [2.75, 3.05) is 0 Å². The van der Waals surface area contributed by atoms with Crippen LogP contribution >= 0.6 is 0 Å². The Morgan fingerprint density at radius 3 is 2.75 bits per heavy atom. The van der Waals surface area contributed by atoms with Gasteiger partial charge in [0.2, 0.25) is 0 Å². The predicted molar refractivity (Wildman–Crippen MR) is 80.1 cm³/mol. The van der Waals surface area contributed by atoms with Gasteiger partial charge in [-0.1, -0.05) is 19.9 Å². The van der Waals surface area contributed by atoms with Crippen molar-refractivity contribution in [3.63, 3.8) is 0 Å². The molecule has 0 spiro atoms. The van der Waals surface area contributed by atoms with E-state index in [0.29, 0.717) is 0 Å². The van der Waals surface area contributed by atoms with Crippen molar-refractivity contribution < 1.29 is 5.11 Å². The maximum absolute atomic E-state index is 10.4. The summed E-state index contributed by atoms with van der Waals surface area (Å²) < 4.78 is 2.20. The topological polar surface area (TPSA) is 38.0 Å². The van der Waals surface area contributed by atoms with Crippen molar-refractivity contribution in [1.82, 2.24) is 9.55 Å². The molecule has 2 aromatic rings. The molecule has 0 bridgehead atoms. The number of hydrogen-bond donors (Lipinski definition) is 1. The maximum atomic E-state index is 10.4. The minimum Gasteiger partial charge on any atom is -0.388 e. The van der Waals surface area contributed by atoms with E-state index >= 15 is 0 Å². The van der Waals surface area contributed by atoms with Gasteiger partial charge in [0.05, 0.1) is 6.10 Å². The zero-order valence-corrected chi connectivity index (χ0v) is 12.6. The summed E-state index contributed by atoms with van der Waals surface area (Å²) in [6, 6.07) is 8.19. The van der Waals surface area contributed by atoms with Crippen LogP contribution in [0.5, 0.6) is 0 Å². The molecule has 3 nitrogen and oxygen atoms in total. The van der Waals surface area contributed by atoms with Gasteiger partial charge in [0.15, 0.2) is 0 Å². The number of nitrogens with zero attached hydrogens (tertiary/aromatic N) is 2. The number of aliphatic hydroxyl groups excluding tert-OH is 1. The Hall–Kier alpha value is -1.61. The molecule has 0 saturated heterocycles. The van der Waals surface area contributed by atoms with E-state index in [-0.39, 0.29) is 11.5 Å². The molecule has 0 radical (unpaired) electrons. The van der Waals surface area contributed by atoms with Gasteiger partial charge in [-0.3, -0.25) is 0 Å². The fourth-order valence-corrected chi connectivity index (χ4v) is 3.32. The lowest BCUT2D eigenvalue weighted by molar-refractivity contribution is 0.0986. The highest BCUT2D eigenvalue weighted by atomic mass is 16.3. The highest BCUT2D eigenvalue weighted by molar-refractivity contribution is 5.41. The summed E-state index contributed by atoms with van der Waals surface area (Å²) in [5.41, 5.74) is 4.57. The molecule has 1 unspecified atom stereocenters. The highest BCUT2D eigenvalue weighted by Crippen LogP contribution is 2.42. The lowest BCUT2D eigenvalue weighted by atomic mass is 9.75. The van der Waals surface area contributed by atoms with E-state index < -0.39 is 0 Å². The van der Waals surface area contributed by atoms with Crippen molar-refractivity contribution in [2.45, 2.75) is 46.6 Å². The van der Waals surface area contributed by atoms with Crippen LogP contribution in [0.25, 0.3) is 5.82 Å². The first kappa shape index (κ1) is 13.4. The molecule has 0 amide bonds. The Balaban J connectivity index is 2.19. The molecule has 1 N–H and O–H groups in total. The van der Waals surface area contributed by atoms with Crippen LogP contribution in [-0.4, -0.2) is 14.7 Å². The minimum atomic E-state index is -0.362. The van der Waals surface area contributed by atoms with Crippen LogP contribution in [0.15, 0.2) is 24.3 Å². The smallest absolute Gasteiger partial charge is 0.137 e. The number of aliphatic hydroxyl groups is 1. The minimum absolute atomic E-state index is 0.124. The van der Waals surface area contributed by atoms with Crippen molar-refractivity contribution >= 4 is 0 Å². The van der Waals surface area contributed by atoms with E-state index in [0.717, 1.165) is 35.6 Å². The van der Waals surface area contributed by atoms with E-state index in [9.17, 15) is 5.11 Å². The Morgan fingerprint density at radius 1 is 1.30 bits per heavy atom. The number of rotatable bonds is 1. The van der Waals surface area contributed by atoms with Gasteiger partial charge < -0.3 is 9.67 Å². The van der Waals surface area contributed by atoms with Crippen LogP contribution in [0.2, 0.25) is 0 Å². The fraction of sp³-hybridized carbons (Fsp3) is 0.471. The first-order valence-electron chi connectivity index (χ1n) is 7.21. The zero-order valence-electron chi connectivity index (χ0n) is 12.6. The van der Waals surface area contributed by atoms with Gasteiger partial charge in [0.1, 0.15) is 5.82 Å². The summed E-state index contributed by atoms with van der Waals surface area (Å²) in [6.07, 6.45) is 1.44. The van der Waals surface area contributed by atoms with Crippen LogP contribution in [0.1, 0.15) is 49.0 Å². The van der Waals surface area contributed by atoms with Gasteiger partial charge in [0.25, 0.3) is 0 Å². The molecule has 0 aromatic carbocycles. The number of aromatic nitrogens is 2. The average Bonchev–Trinajstić information content (AvgIpc) is 2.64. The Bertz CT molecular complexity index is 655. The van der Waals surface area contributed by atoms with Crippen LogP contribution in [-0.2, 0) is 6.42 Å². The first-order chi connectivity index (χ1) is 9.37. The molecule has 2 aromatic heterocycles. The maximum Gasteiger partial charge on any atom is 0.137 e. The lowest BCUT2D eigenvalue weighted by Gasteiger charge is -2.33. The molecule has 20 heavy (non-hydrogen) atoms. The summed E-state index contributed by atoms with van der Waals surface area (Å²) >= 11 is 0.